The summed E-state index contributed by atoms with van der Waals surface area (Å²) in [7, 11) is -1.81. The van der Waals surface area contributed by atoms with Gasteiger partial charge in [-0.25, -0.2) is 13.1 Å². The Balaban J connectivity index is 3.26. The van der Waals surface area contributed by atoms with Crippen LogP contribution in [-0.2, 0) is 10.0 Å². The fourth-order valence-corrected chi connectivity index (χ4v) is 2.68. The second-order valence-electron chi connectivity index (χ2n) is 4.06. The van der Waals surface area contributed by atoms with Crippen LogP contribution in [0, 0.1) is 0 Å². The van der Waals surface area contributed by atoms with Gasteiger partial charge in [0.05, 0.1) is 12.0 Å². The Labute approximate surface area is 103 Å². The number of nitrogens with one attached hydrogen (secondary N) is 1. The van der Waals surface area contributed by atoms with Gasteiger partial charge in [0.15, 0.2) is 0 Å². The Morgan fingerprint density at radius 2 is 2.00 bits per heavy atom. The highest BCUT2D eigenvalue weighted by Gasteiger charge is 2.16. The number of methoxy groups -OCH3 is 1. The lowest BCUT2D eigenvalue weighted by molar-refractivity contribution is 0.407. The van der Waals surface area contributed by atoms with Gasteiger partial charge < -0.3 is 4.74 Å². The van der Waals surface area contributed by atoms with Crippen molar-refractivity contribution in [2.75, 3.05) is 13.7 Å². The van der Waals surface area contributed by atoms with Crippen molar-refractivity contribution >= 4 is 10.0 Å². The zero-order chi connectivity index (χ0) is 13.1. The largest absolute Gasteiger partial charge is 0.496 e. The molecule has 1 aromatic rings. The molecule has 0 atom stereocenters. The van der Waals surface area contributed by atoms with Gasteiger partial charge in [0.1, 0.15) is 5.75 Å². The van der Waals surface area contributed by atoms with Gasteiger partial charge in [-0.05, 0) is 29.7 Å². The molecule has 0 saturated heterocycles. The van der Waals surface area contributed by atoms with Crippen LogP contribution >= 0.6 is 0 Å². The van der Waals surface area contributed by atoms with E-state index in [2.05, 4.69) is 4.72 Å². The van der Waals surface area contributed by atoms with Crippen molar-refractivity contribution in [1.82, 2.24) is 4.72 Å². The van der Waals surface area contributed by atoms with Crippen molar-refractivity contribution < 1.29 is 13.2 Å². The predicted octanol–water partition coefficient (Wildman–Crippen LogP) is 2.12. The summed E-state index contributed by atoms with van der Waals surface area (Å²) in [6.07, 6.45) is 0. The number of benzene rings is 1. The van der Waals surface area contributed by atoms with Crippen molar-refractivity contribution in [3.8, 4) is 5.75 Å². The van der Waals surface area contributed by atoms with E-state index in [0.717, 1.165) is 11.3 Å². The average molecular weight is 257 g/mol. The first-order valence-corrected chi connectivity index (χ1v) is 7.08. The Bertz CT molecular complexity index is 481. The molecule has 0 aliphatic heterocycles. The summed E-state index contributed by atoms with van der Waals surface area (Å²) in [5.41, 5.74) is 0.895. The van der Waals surface area contributed by atoms with E-state index < -0.39 is 10.0 Å². The molecule has 1 aromatic carbocycles. The van der Waals surface area contributed by atoms with Crippen LogP contribution in [0.2, 0.25) is 0 Å². The summed E-state index contributed by atoms with van der Waals surface area (Å²) in [5.74, 6) is 0.928. The zero-order valence-electron chi connectivity index (χ0n) is 10.6. The predicted molar refractivity (Wildman–Crippen MR) is 67.9 cm³/mol. The molecule has 0 heterocycles. The fraction of sp³-hybridized carbons (Fsp3) is 0.500. The molecule has 96 valence electrons. The number of hydrogen-bond acceptors (Lipinski definition) is 3. The second-order valence-corrected chi connectivity index (χ2v) is 5.83. The van der Waals surface area contributed by atoms with Gasteiger partial charge in [0.2, 0.25) is 10.0 Å². The van der Waals surface area contributed by atoms with Gasteiger partial charge in [-0.15, -0.1) is 0 Å². The minimum absolute atomic E-state index is 0.210. The van der Waals surface area contributed by atoms with Crippen molar-refractivity contribution in [3.05, 3.63) is 23.8 Å². The third-order valence-corrected chi connectivity index (χ3v) is 4.01. The maximum Gasteiger partial charge on any atom is 0.240 e. The first-order chi connectivity index (χ1) is 7.92. The van der Waals surface area contributed by atoms with Crippen LogP contribution in [0.3, 0.4) is 0 Å². The smallest absolute Gasteiger partial charge is 0.240 e. The fourth-order valence-electron chi connectivity index (χ4n) is 1.60. The van der Waals surface area contributed by atoms with E-state index in [4.69, 9.17) is 4.74 Å². The SMILES string of the molecule is CCNS(=O)(=O)c1ccc(OC)c(C(C)C)c1. The maximum atomic E-state index is 11.9. The Kier molecular flexibility index (Phi) is 4.54. The monoisotopic (exact) mass is 257 g/mol. The van der Waals surface area contributed by atoms with E-state index in [1.165, 1.54) is 0 Å². The molecule has 4 nitrogen and oxygen atoms in total. The van der Waals surface area contributed by atoms with Gasteiger partial charge in [0, 0.05) is 6.54 Å². The topological polar surface area (TPSA) is 55.4 Å². The standard InChI is InChI=1S/C12H19NO3S/c1-5-13-17(14,15)10-6-7-12(16-4)11(8-10)9(2)3/h6-9,13H,5H2,1-4H3. The van der Waals surface area contributed by atoms with Gasteiger partial charge >= 0.3 is 0 Å². The molecule has 17 heavy (non-hydrogen) atoms. The molecule has 1 rings (SSSR count). The van der Waals surface area contributed by atoms with Gasteiger partial charge in [0.25, 0.3) is 0 Å². The molecule has 0 radical (unpaired) electrons. The molecule has 0 saturated carbocycles. The van der Waals surface area contributed by atoms with E-state index in [0.29, 0.717) is 6.54 Å². The Morgan fingerprint density at radius 3 is 2.47 bits per heavy atom. The summed E-state index contributed by atoms with van der Waals surface area (Å²) < 4.78 is 31.4. The summed E-state index contributed by atoms with van der Waals surface area (Å²) in [4.78, 5) is 0.281. The number of sulfonamides is 1. The van der Waals surface area contributed by atoms with Gasteiger partial charge in [-0.3, -0.25) is 0 Å². The molecule has 0 unspecified atom stereocenters. The molecular weight excluding hydrogens is 238 g/mol. The van der Waals surface area contributed by atoms with Crippen LogP contribution in [0.5, 0.6) is 5.75 Å². The molecule has 0 fully saturated rings. The lowest BCUT2D eigenvalue weighted by atomic mass is 10.0. The minimum Gasteiger partial charge on any atom is -0.496 e. The van der Waals surface area contributed by atoms with Crippen LogP contribution in [-0.4, -0.2) is 22.1 Å². The first-order valence-electron chi connectivity index (χ1n) is 5.60. The molecule has 0 aromatic heterocycles. The van der Waals surface area contributed by atoms with Crippen LogP contribution in [0.25, 0.3) is 0 Å². The third kappa shape index (κ3) is 3.20. The van der Waals surface area contributed by atoms with Gasteiger partial charge in [-0.1, -0.05) is 20.8 Å². The third-order valence-electron chi connectivity index (χ3n) is 2.47. The molecule has 1 N–H and O–H groups in total. The number of ether oxygens (including phenoxy) is 1. The lowest BCUT2D eigenvalue weighted by Crippen LogP contribution is -2.23. The highest BCUT2D eigenvalue weighted by molar-refractivity contribution is 7.89. The minimum atomic E-state index is -3.40. The molecule has 0 amide bonds. The Hall–Kier alpha value is -1.07. The highest BCUT2D eigenvalue weighted by atomic mass is 32.2. The molecular formula is C12H19NO3S. The quantitative estimate of drug-likeness (QED) is 0.879. The zero-order valence-corrected chi connectivity index (χ0v) is 11.5. The summed E-state index contributed by atoms with van der Waals surface area (Å²) in [5, 5.41) is 0. The molecule has 5 heteroatoms. The first kappa shape index (κ1) is 14.0. The van der Waals surface area contributed by atoms with E-state index in [-0.39, 0.29) is 10.8 Å². The molecule has 0 aliphatic carbocycles. The van der Waals surface area contributed by atoms with Crippen molar-refractivity contribution in [2.45, 2.75) is 31.6 Å². The van der Waals surface area contributed by atoms with E-state index in [1.807, 2.05) is 13.8 Å². The molecule has 0 aliphatic rings. The van der Waals surface area contributed by atoms with Crippen LogP contribution in [0.15, 0.2) is 23.1 Å². The number of hydrogen-bond donors (Lipinski definition) is 1. The molecule has 0 spiro atoms. The van der Waals surface area contributed by atoms with E-state index >= 15 is 0 Å². The van der Waals surface area contributed by atoms with Crippen molar-refractivity contribution in [1.29, 1.82) is 0 Å². The summed E-state index contributed by atoms with van der Waals surface area (Å²) in [6, 6.07) is 4.92. The highest BCUT2D eigenvalue weighted by Crippen LogP contribution is 2.28. The average Bonchev–Trinajstić information content (AvgIpc) is 2.28. The van der Waals surface area contributed by atoms with E-state index in [1.54, 1.807) is 32.2 Å². The normalized spacial score (nSPS) is 11.8. The molecule has 0 bridgehead atoms. The van der Waals surface area contributed by atoms with Crippen LogP contribution < -0.4 is 9.46 Å². The van der Waals surface area contributed by atoms with Gasteiger partial charge in [-0.2, -0.15) is 0 Å². The van der Waals surface area contributed by atoms with Crippen molar-refractivity contribution in [2.24, 2.45) is 0 Å². The lowest BCUT2D eigenvalue weighted by Gasteiger charge is -2.13. The second kappa shape index (κ2) is 5.51. The number of rotatable bonds is 5. The maximum absolute atomic E-state index is 11.9. The van der Waals surface area contributed by atoms with Crippen molar-refractivity contribution in [3.63, 3.8) is 0 Å². The van der Waals surface area contributed by atoms with Crippen LogP contribution in [0.1, 0.15) is 32.3 Å². The summed E-state index contributed by atoms with van der Waals surface area (Å²) >= 11 is 0. The van der Waals surface area contributed by atoms with Crippen LogP contribution in [0.4, 0.5) is 0 Å². The Morgan fingerprint density at radius 1 is 1.35 bits per heavy atom. The van der Waals surface area contributed by atoms with E-state index in [9.17, 15) is 8.42 Å². The summed E-state index contributed by atoms with van der Waals surface area (Å²) in [6.45, 7) is 6.14.